The summed E-state index contributed by atoms with van der Waals surface area (Å²) >= 11 is 0. The van der Waals surface area contributed by atoms with E-state index in [4.69, 9.17) is 10.7 Å². The minimum Gasteiger partial charge on any atom is -0.508 e. The molecule has 0 fully saturated rings. The van der Waals surface area contributed by atoms with Crippen molar-refractivity contribution in [2.24, 2.45) is 5.73 Å². The number of phenolic OH excluding ortho intramolecular Hbond substituents is 1. The molecule has 1 aromatic heterocycles. The van der Waals surface area contributed by atoms with Crippen molar-refractivity contribution in [2.45, 2.75) is 39.2 Å². The number of benzene rings is 2. The van der Waals surface area contributed by atoms with Crippen molar-refractivity contribution in [3.63, 3.8) is 0 Å². The first-order chi connectivity index (χ1) is 14.7. The minimum atomic E-state index is 0.304. The summed E-state index contributed by atoms with van der Waals surface area (Å²) in [6.07, 6.45) is 5.62. The number of hydrogen-bond acceptors (Lipinski definition) is 5. The lowest BCUT2D eigenvalue weighted by Crippen LogP contribution is -2.25. The summed E-state index contributed by atoms with van der Waals surface area (Å²) in [4.78, 5) is 11.7. The monoisotopic (exact) mass is 404 g/mol. The van der Waals surface area contributed by atoms with E-state index in [1.54, 1.807) is 12.1 Å². The van der Waals surface area contributed by atoms with Crippen molar-refractivity contribution in [3.8, 4) is 17.0 Å². The molecule has 2 aromatic carbocycles. The predicted octanol–water partition coefficient (Wildman–Crippen LogP) is 4.20. The Morgan fingerprint density at radius 1 is 0.967 bits per heavy atom. The molecule has 30 heavy (non-hydrogen) atoms. The number of nitrogens with zero attached hydrogens (tertiary/aromatic N) is 3. The van der Waals surface area contributed by atoms with Crippen molar-refractivity contribution >= 4 is 0 Å². The number of aryl methyl sites for hydroxylation is 2. The molecule has 3 N–H and O–H groups in total. The average molecular weight is 405 g/mol. The largest absolute Gasteiger partial charge is 0.508 e. The second-order valence-electron chi connectivity index (χ2n) is 7.59. The molecule has 0 aliphatic rings. The molecule has 0 bridgehead atoms. The molecule has 5 heteroatoms. The first kappa shape index (κ1) is 21.9. The van der Waals surface area contributed by atoms with E-state index in [0.29, 0.717) is 5.75 Å². The molecule has 3 rings (SSSR count). The summed E-state index contributed by atoms with van der Waals surface area (Å²) in [7, 11) is 0. The highest BCUT2D eigenvalue weighted by Crippen LogP contribution is 2.20. The van der Waals surface area contributed by atoms with Crippen molar-refractivity contribution in [1.29, 1.82) is 0 Å². The molecule has 0 saturated carbocycles. The Bertz CT molecular complexity index is 911. The van der Waals surface area contributed by atoms with Crippen LogP contribution in [0.4, 0.5) is 0 Å². The number of aromatic nitrogens is 2. The fourth-order valence-electron chi connectivity index (χ4n) is 3.54. The fraction of sp³-hybridized carbons (Fsp3) is 0.360. The molecule has 0 radical (unpaired) electrons. The van der Waals surface area contributed by atoms with Gasteiger partial charge in [-0.25, -0.2) is 9.97 Å². The van der Waals surface area contributed by atoms with E-state index in [0.717, 1.165) is 68.9 Å². The van der Waals surface area contributed by atoms with Crippen molar-refractivity contribution in [3.05, 3.63) is 77.7 Å². The molecular formula is C25H32N4O. The van der Waals surface area contributed by atoms with Gasteiger partial charge in [-0.3, -0.25) is 4.90 Å². The highest BCUT2D eigenvalue weighted by Gasteiger charge is 2.07. The normalized spacial score (nSPS) is 11.2. The van der Waals surface area contributed by atoms with Crippen LogP contribution in [0, 0.1) is 0 Å². The van der Waals surface area contributed by atoms with Crippen molar-refractivity contribution in [1.82, 2.24) is 14.9 Å². The lowest BCUT2D eigenvalue weighted by atomic mass is 10.1. The third-order valence-corrected chi connectivity index (χ3v) is 5.26. The summed E-state index contributed by atoms with van der Waals surface area (Å²) in [5.74, 6) is 1.17. The highest BCUT2D eigenvalue weighted by molar-refractivity contribution is 5.59. The Balaban J connectivity index is 1.62. The van der Waals surface area contributed by atoms with Gasteiger partial charge < -0.3 is 10.8 Å². The van der Waals surface area contributed by atoms with E-state index in [2.05, 4.69) is 41.1 Å². The molecule has 0 unspecified atom stereocenters. The summed E-state index contributed by atoms with van der Waals surface area (Å²) in [5, 5.41) is 9.39. The van der Waals surface area contributed by atoms with E-state index < -0.39 is 0 Å². The van der Waals surface area contributed by atoms with Crippen molar-refractivity contribution in [2.75, 3.05) is 19.6 Å². The van der Waals surface area contributed by atoms with Crippen molar-refractivity contribution < 1.29 is 5.11 Å². The topological polar surface area (TPSA) is 75.3 Å². The molecule has 0 saturated heterocycles. The summed E-state index contributed by atoms with van der Waals surface area (Å²) in [5.41, 5.74) is 10.3. The third-order valence-electron chi connectivity index (χ3n) is 5.26. The summed E-state index contributed by atoms with van der Waals surface area (Å²) in [6.45, 7) is 5.88. The average Bonchev–Trinajstić information content (AvgIpc) is 2.78. The first-order valence-corrected chi connectivity index (χ1v) is 10.8. The molecule has 5 nitrogen and oxygen atoms in total. The van der Waals surface area contributed by atoms with Gasteiger partial charge in [-0.1, -0.05) is 37.3 Å². The van der Waals surface area contributed by atoms with Crippen LogP contribution in [0.5, 0.6) is 5.75 Å². The predicted molar refractivity (Wildman–Crippen MR) is 122 cm³/mol. The maximum absolute atomic E-state index is 9.39. The Kier molecular flexibility index (Phi) is 8.36. The number of rotatable bonds is 11. The third kappa shape index (κ3) is 6.65. The molecule has 0 amide bonds. The number of aromatic hydroxyl groups is 1. The summed E-state index contributed by atoms with van der Waals surface area (Å²) < 4.78 is 0. The molecular weight excluding hydrogens is 372 g/mol. The van der Waals surface area contributed by atoms with Gasteiger partial charge in [-0.15, -0.1) is 0 Å². The molecule has 3 aromatic rings. The summed E-state index contributed by atoms with van der Waals surface area (Å²) in [6, 6.07) is 18.0. The maximum Gasteiger partial charge on any atom is 0.128 e. The number of phenols is 1. The smallest absolute Gasteiger partial charge is 0.128 e. The molecule has 158 valence electrons. The van der Waals surface area contributed by atoms with Gasteiger partial charge in [-0.2, -0.15) is 0 Å². The zero-order chi connectivity index (χ0) is 21.2. The van der Waals surface area contributed by atoms with Gasteiger partial charge in [0.1, 0.15) is 11.6 Å². The van der Waals surface area contributed by atoms with E-state index in [-0.39, 0.29) is 0 Å². The van der Waals surface area contributed by atoms with Crippen LogP contribution in [0.15, 0.2) is 60.8 Å². The Morgan fingerprint density at radius 3 is 2.57 bits per heavy atom. The van der Waals surface area contributed by atoms with E-state index in [1.807, 2.05) is 24.4 Å². The van der Waals surface area contributed by atoms with Crippen LogP contribution in [0.1, 0.15) is 36.7 Å². The van der Waals surface area contributed by atoms with Crippen LogP contribution in [-0.2, 0) is 19.4 Å². The minimum absolute atomic E-state index is 0.304. The van der Waals surface area contributed by atoms with E-state index in [9.17, 15) is 5.11 Å². The molecule has 0 aliphatic heterocycles. The molecule has 1 heterocycles. The highest BCUT2D eigenvalue weighted by atomic mass is 16.3. The van der Waals surface area contributed by atoms with Crippen LogP contribution >= 0.6 is 0 Å². The van der Waals surface area contributed by atoms with E-state index in [1.165, 1.54) is 11.1 Å². The number of nitrogens with two attached hydrogens (primary N) is 1. The molecule has 0 aliphatic carbocycles. The Labute approximate surface area is 179 Å². The van der Waals surface area contributed by atoms with Gasteiger partial charge in [0.2, 0.25) is 0 Å². The van der Waals surface area contributed by atoms with Crippen LogP contribution in [0.3, 0.4) is 0 Å². The van der Waals surface area contributed by atoms with Gasteiger partial charge in [0.05, 0.1) is 5.69 Å². The fourth-order valence-corrected chi connectivity index (χ4v) is 3.54. The second kappa shape index (κ2) is 11.4. The lowest BCUT2D eigenvalue weighted by molar-refractivity contribution is 0.278. The van der Waals surface area contributed by atoms with Crippen LogP contribution in [-0.4, -0.2) is 39.6 Å². The Morgan fingerprint density at radius 2 is 1.80 bits per heavy atom. The van der Waals surface area contributed by atoms with Crippen LogP contribution < -0.4 is 5.73 Å². The van der Waals surface area contributed by atoms with Crippen LogP contribution in [0.2, 0.25) is 0 Å². The van der Waals surface area contributed by atoms with E-state index >= 15 is 0 Å². The maximum atomic E-state index is 9.39. The van der Waals surface area contributed by atoms with Gasteiger partial charge in [0.25, 0.3) is 0 Å². The lowest BCUT2D eigenvalue weighted by Gasteiger charge is -2.20. The van der Waals surface area contributed by atoms with Crippen LogP contribution in [0.25, 0.3) is 11.3 Å². The van der Waals surface area contributed by atoms with Gasteiger partial charge in [0, 0.05) is 24.7 Å². The zero-order valence-corrected chi connectivity index (χ0v) is 17.8. The molecule has 0 atom stereocenters. The standard InChI is InChI=1S/C25H32N4O/c1-2-29(17-5-15-26)19-21-7-3-8-22(18-21)24-14-16-27-25(28-24)9-4-6-20-10-12-23(30)13-11-20/h3,7-8,10-14,16,18,30H,2,4-6,9,15,17,19,26H2,1H3. The molecule has 0 spiro atoms. The van der Waals surface area contributed by atoms with Gasteiger partial charge in [0.15, 0.2) is 0 Å². The number of hydrogen-bond donors (Lipinski definition) is 2. The SMILES string of the molecule is CCN(CCCN)Cc1cccc(-c2ccnc(CCCc3ccc(O)cc3)n2)c1. The Hall–Kier alpha value is -2.76. The van der Waals surface area contributed by atoms with Gasteiger partial charge in [-0.05, 0) is 74.3 Å². The van der Waals surface area contributed by atoms with Gasteiger partial charge >= 0.3 is 0 Å². The first-order valence-electron chi connectivity index (χ1n) is 10.8. The quantitative estimate of drug-likeness (QED) is 0.501. The second-order valence-corrected chi connectivity index (χ2v) is 7.59. The zero-order valence-electron chi connectivity index (χ0n) is 17.8.